The minimum Gasteiger partial charge on any atom is -0.493 e. The van der Waals surface area contributed by atoms with E-state index in [9.17, 15) is 9.59 Å². The molecule has 0 aromatic heterocycles. The molecule has 1 aliphatic heterocycles. The van der Waals surface area contributed by atoms with Gasteiger partial charge in [-0.05, 0) is 76.7 Å². The minimum atomic E-state index is -0.478. The smallest absolute Gasteiger partial charge is 0.344 e. The molecule has 166 valence electrons. The number of thioether (sulfide) groups is 1. The predicted octanol–water partition coefficient (Wildman–Crippen LogP) is 6.58. The Kier molecular flexibility index (Phi) is 7.38. The van der Waals surface area contributed by atoms with E-state index in [0.29, 0.717) is 36.8 Å². The molecule has 4 rings (SSSR count). The molecule has 3 aromatic carbocycles. The summed E-state index contributed by atoms with van der Waals surface area (Å²) in [5, 5.41) is 0.519. The fraction of sp³-hybridized carbons (Fsp3) is 0.0417. The standard InChI is InChI=1S/C24H15ClINO4S2/c1-30-20-11-14(9-10-19(20)31-23(29)17-7-2-3-8-18(17)26)12-21-22(28)27(24(32)33-21)16-6-4-5-15(25)13-16/h2-13H,1H3/b21-12-. The second-order valence-corrected chi connectivity index (χ2v) is 10.1. The van der Waals surface area contributed by atoms with Gasteiger partial charge in [-0.25, -0.2) is 4.79 Å². The van der Waals surface area contributed by atoms with E-state index >= 15 is 0 Å². The van der Waals surface area contributed by atoms with Crippen LogP contribution in [-0.4, -0.2) is 23.3 Å². The average Bonchev–Trinajstić information content (AvgIpc) is 3.07. The third-order valence-electron chi connectivity index (χ3n) is 4.64. The van der Waals surface area contributed by atoms with E-state index in [4.69, 9.17) is 33.3 Å². The lowest BCUT2D eigenvalue weighted by molar-refractivity contribution is -0.113. The Morgan fingerprint density at radius 1 is 1.09 bits per heavy atom. The number of esters is 1. The van der Waals surface area contributed by atoms with Gasteiger partial charge in [0.15, 0.2) is 15.8 Å². The largest absolute Gasteiger partial charge is 0.493 e. The van der Waals surface area contributed by atoms with Crippen molar-refractivity contribution in [2.75, 3.05) is 12.0 Å². The third-order valence-corrected chi connectivity index (χ3v) is 7.12. The first kappa shape index (κ1) is 23.7. The molecular formula is C24H15ClINO4S2. The van der Waals surface area contributed by atoms with Gasteiger partial charge in [-0.15, -0.1) is 0 Å². The maximum absolute atomic E-state index is 13.0. The van der Waals surface area contributed by atoms with Crippen molar-refractivity contribution in [2.45, 2.75) is 0 Å². The lowest BCUT2D eigenvalue weighted by Gasteiger charge is -2.14. The van der Waals surface area contributed by atoms with Crippen LogP contribution in [0.1, 0.15) is 15.9 Å². The number of anilines is 1. The number of hydrogen-bond donors (Lipinski definition) is 0. The van der Waals surface area contributed by atoms with Crippen molar-refractivity contribution in [1.29, 1.82) is 0 Å². The number of halogens is 2. The van der Waals surface area contributed by atoms with Gasteiger partial charge in [0.1, 0.15) is 0 Å². The van der Waals surface area contributed by atoms with Crippen LogP contribution in [0.4, 0.5) is 5.69 Å². The topological polar surface area (TPSA) is 55.8 Å². The summed E-state index contributed by atoms with van der Waals surface area (Å²) in [5.74, 6) is -0.0621. The Morgan fingerprint density at radius 3 is 2.61 bits per heavy atom. The van der Waals surface area contributed by atoms with Crippen molar-refractivity contribution in [1.82, 2.24) is 0 Å². The molecule has 0 aliphatic carbocycles. The number of benzene rings is 3. The molecule has 0 N–H and O–H groups in total. The zero-order valence-electron chi connectivity index (χ0n) is 17.1. The molecule has 33 heavy (non-hydrogen) atoms. The van der Waals surface area contributed by atoms with E-state index in [2.05, 4.69) is 22.6 Å². The summed E-state index contributed by atoms with van der Waals surface area (Å²) in [4.78, 5) is 27.5. The molecule has 1 amide bonds. The molecule has 1 fully saturated rings. The van der Waals surface area contributed by atoms with Crippen molar-refractivity contribution < 1.29 is 19.1 Å². The summed E-state index contributed by atoms with van der Waals surface area (Å²) in [6.07, 6.45) is 1.72. The van der Waals surface area contributed by atoms with E-state index in [1.165, 1.54) is 23.8 Å². The van der Waals surface area contributed by atoms with Crippen LogP contribution in [-0.2, 0) is 4.79 Å². The molecule has 1 aliphatic rings. The van der Waals surface area contributed by atoms with Gasteiger partial charge in [0.25, 0.3) is 5.91 Å². The molecule has 1 heterocycles. The molecule has 9 heteroatoms. The molecule has 3 aromatic rings. The van der Waals surface area contributed by atoms with Crippen LogP contribution in [0.15, 0.2) is 71.6 Å². The minimum absolute atomic E-state index is 0.236. The van der Waals surface area contributed by atoms with Gasteiger partial charge >= 0.3 is 5.97 Å². The highest BCUT2D eigenvalue weighted by atomic mass is 127. The Labute approximate surface area is 218 Å². The summed E-state index contributed by atoms with van der Waals surface area (Å²) < 4.78 is 12.2. The SMILES string of the molecule is COc1cc(/C=C2\SC(=S)N(c3cccc(Cl)c3)C2=O)ccc1OC(=O)c1ccccc1I. The monoisotopic (exact) mass is 607 g/mol. The number of rotatable bonds is 5. The number of thiocarbonyl (C=S) groups is 1. The van der Waals surface area contributed by atoms with Crippen LogP contribution in [0.25, 0.3) is 6.08 Å². The van der Waals surface area contributed by atoms with Gasteiger partial charge in [0.05, 0.1) is 23.3 Å². The van der Waals surface area contributed by atoms with Crippen LogP contribution in [0.5, 0.6) is 11.5 Å². The van der Waals surface area contributed by atoms with Gasteiger partial charge in [0.2, 0.25) is 0 Å². The molecule has 0 spiro atoms. The molecule has 0 atom stereocenters. The number of amides is 1. The Balaban J connectivity index is 1.58. The molecule has 0 unspecified atom stereocenters. The Morgan fingerprint density at radius 2 is 1.88 bits per heavy atom. The van der Waals surface area contributed by atoms with Crippen molar-refractivity contribution in [3.05, 3.63) is 91.4 Å². The molecule has 0 radical (unpaired) electrons. The molecule has 0 bridgehead atoms. The Hall–Kier alpha value is -2.40. The fourth-order valence-corrected chi connectivity index (χ4v) is 5.19. The lowest BCUT2D eigenvalue weighted by Crippen LogP contribution is -2.27. The second kappa shape index (κ2) is 10.3. The van der Waals surface area contributed by atoms with E-state index in [1.807, 2.05) is 12.1 Å². The van der Waals surface area contributed by atoms with Gasteiger partial charge in [-0.2, -0.15) is 0 Å². The van der Waals surface area contributed by atoms with Gasteiger partial charge in [-0.3, -0.25) is 9.69 Å². The van der Waals surface area contributed by atoms with E-state index in [-0.39, 0.29) is 11.7 Å². The highest BCUT2D eigenvalue weighted by Crippen LogP contribution is 2.38. The Bertz CT molecular complexity index is 1310. The maximum Gasteiger partial charge on any atom is 0.344 e. The quantitative estimate of drug-likeness (QED) is 0.107. The summed E-state index contributed by atoms with van der Waals surface area (Å²) >= 11 is 14.8. The van der Waals surface area contributed by atoms with E-state index in [0.717, 1.165) is 3.57 Å². The summed E-state index contributed by atoms with van der Waals surface area (Å²) in [7, 11) is 1.49. The molecule has 5 nitrogen and oxygen atoms in total. The van der Waals surface area contributed by atoms with Crippen molar-refractivity contribution in [3.63, 3.8) is 0 Å². The first-order valence-electron chi connectivity index (χ1n) is 9.55. The van der Waals surface area contributed by atoms with E-state index < -0.39 is 5.97 Å². The van der Waals surface area contributed by atoms with Crippen LogP contribution in [0, 0.1) is 3.57 Å². The normalized spacial score (nSPS) is 14.6. The molecule has 1 saturated heterocycles. The van der Waals surface area contributed by atoms with Crippen LogP contribution in [0.2, 0.25) is 5.02 Å². The zero-order chi connectivity index (χ0) is 23.5. The number of ether oxygens (including phenoxy) is 2. The first-order chi connectivity index (χ1) is 15.9. The highest BCUT2D eigenvalue weighted by molar-refractivity contribution is 14.1. The highest BCUT2D eigenvalue weighted by Gasteiger charge is 2.33. The summed E-state index contributed by atoms with van der Waals surface area (Å²) in [6.45, 7) is 0. The maximum atomic E-state index is 13.0. The average molecular weight is 608 g/mol. The van der Waals surface area contributed by atoms with Crippen molar-refractivity contribution in [2.24, 2.45) is 0 Å². The predicted molar refractivity (Wildman–Crippen MR) is 144 cm³/mol. The van der Waals surface area contributed by atoms with Gasteiger partial charge in [-0.1, -0.05) is 59.8 Å². The number of methoxy groups -OCH3 is 1. The van der Waals surface area contributed by atoms with Crippen LogP contribution in [0.3, 0.4) is 0 Å². The van der Waals surface area contributed by atoms with Crippen LogP contribution >= 0.6 is 58.2 Å². The summed E-state index contributed by atoms with van der Waals surface area (Å²) in [6, 6.07) is 19.2. The van der Waals surface area contributed by atoms with Crippen LogP contribution < -0.4 is 14.4 Å². The molecular weight excluding hydrogens is 593 g/mol. The van der Waals surface area contributed by atoms with Gasteiger partial charge in [0, 0.05) is 8.59 Å². The zero-order valence-corrected chi connectivity index (χ0v) is 21.6. The summed E-state index contributed by atoms with van der Waals surface area (Å²) in [5.41, 5.74) is 1.78. The number of carbonyl (C=O) groups excluding carboxylic acids is 2. The third kappa shape index (κ3) is 5.24. The lowest BCUT2D eigenvalue weighted by atomic mass is 10.1. The van der Waals surface area contributed by atoms with Crippen molar-refractivity contribution in [3.8, 4) is 11.5 Å². The first-order valence-corrected chi connectivity index (χ1v) is 12.2. The van der Waals surface area contributed by atoms with Crippen molar-refractivity contribution >= 4 is 86.1 Å². The molecule has 0 saturated carbocycles. The number of hydrogen-bond acceptors (Lipinski definition) is 6. The number of nitrogens with zero attached hydrogens (tertiary/aromatic N) is 1. The van der Waals surface area contributed by atoms with E-state index in [1.54, 1.807) is 60.7 Å². The fourth-order valence-electron chi connectivity index (χ4n) is 3.10. The van der Waals surface area contributed by atoms with Gasteiger partial charge < -0.3 is 9.47 Å². The second-order valence-electron chi connectivity index (χ2n) is 6.78. The number of carbonyl (C=O) groups is 2.